The summed E-state index contributed by atoms with van der Waals surface area (Å²) in [7, 11) is 0. The molecule has 0 spiro atoms. The van der Waals surface area contributed by atoms with Crippen molar-refractivity contribution in [3.8, 4) is 0 Å². The first-order chi connectivity index (χ1) is 13.1. The Labute approximate surface area is 160 Å². The van der Waals surface area contributed by atoms with Gasteiger partial charge in [0.15, 0.2) is 5.13 Å². The first-order valence-electron chi connectivity index (χ1n) is 8.88. The molecule has 27 heavy (non-hydrogen) atoms. The van der Waals surface area contributed by atoms with Crippen LogP contribution in [0.2, 0.25) is 0 Å². The summed E-state index contributed by atoms with van der Waals surface area (Å²) >= 11 is 1.45. The van der Waals surface area contributed by atoms with Crippen LogP contribution in [0.15, 0.2) is 46.7 Å². The Morgan fingerprint density at radius 2 is 2.00 bits per heavy atom. The normalized spacial score (nSPS) is 16.4. The number of carbonyl (C=O) groups excluding carboxylic acids is 1. The summed E-state index contributed by atoms with van der Waals surface area (Å²) in [5.74, 6) is -0.0282. The standard InChI is InChI=1S/C19H21N5O2S/c20-18-22-15(12-27-18)19(14-4-2-1-3-5-14)6-8-24(9-7-19)16(25)10-13-11-21-23-17(13)26/h1-5,11-12H,6-10H2,(H2,20,22)(H2,21,23,26). The molecule has 3 heterocycles. The number of amides is 1. The Morgan fingerprint density at radius 1 is 1.26 bits per heavy atom. The molecule has 1 fully saturated rings. The van der Waals surface area contributed by atoms with Gasteiger partial charge in [0.2, 0.25) is 5.91 Å². The minimum absolute atomic E-state index is 0.0282. The lowest BCUT2D eigenvalue weighted by molar-refractivity contribution is -0.131. The molecule has 0 unspecified atom stereocenters. The highest BCUT2D eigenvalue weighted by atomic mass is 32.1. The van der Waals surface area contributed by atoms with Gasteiger partial charge >= 0.3 is 0 Å². The molecule has 1 aliphatic heterocycles. The number of benzene rings is 1. The van der Waals surface area contributed by atoms with Crippen LogP contribution < -0.4 is 11.3 Å². The van der Waals surface area contributed by atoms with Crippen LogP contribution in [0.5, 0.6) is 0 Å². The molecule has 3 aromatic rings. The SMILES string of the molecule is Nc1nc(C2(c3ccccc3)CCN(C(=O)Cc3c[nH][nH]c3=O)CC2)cs1. The average molecular weight is 383 g/mol. The number of hydrogen-bond donors (Lipinski definition) is 3. The van der Waals surface area contributed by atoms with Crippen LogP contribution in [0.4, 0.5) is 5.13 Å². The van der Waals surface area contributed by atoms with Gasteiger partial charge < -0.3 is 15.7 Å². The van der Waals surface area contributed by atoms with E-state index in [1.807, 2.05) is 28.5 Å². The molecule has 7 nitrogen and oxygen atoms in total. The molecular weight excluding hydrogens is 362 g/mol. The van der Waals surface area contributed by atoms with Crippen molar-refractivity contribution < 1.29 is 4.79 Å². The van der Waals surface area contributed by atoms with E-state index in [4.69, 9.17) is 5.73 Å². The van der Waals surface area contributed by atoms with Crippen LogP contribution in [0, 0.1) is 0 Å². The maximum absolute atomic E-state index is 12.6. The summed E-state index contributed by atoms with van der Waals surface area (Å²) in [6.45, 7) is 1.24. The number of thiazole rings is 1. The second-order valence-electron chi connectivity index (χ2n) is 6.84. The van der Waals surface area contributed by atoms with E-state index in [9.17, 15) is 9.59 Å². The van der Waals surface area contributed by atoms with E-state index in [2.05, 4.69) is 27.3 Å². The van der Waals surface area contributed by atoms with Crippen LogP contribution in [0.1, 0.15) is 29.7 Å². The fourth-order valence-corrected chi connectivity index (χ4v) is 4.50. The van der Waals surface area contributed by atoms with E-state index < -0.39 is 0 Å². The fraction of sp³-hybridized carbons (Fsp3) is 0.316. The number of nitrogens with one attached hydrogen (secondary N) is 2. The monoisotopic (exact) mass is 383 g/mol. The number of aromatic nitrogens is 3. The Kier molecular flexibility index (Phi) is 4.57. The van der Waals surface area contributed by atoms with Gasteiger partial charge in [-0.15, -0.1) is 11.3 Å². The lowest BCUT2D eigenvalue weighted by Gasteiger charge is -2.41. The summed E-state index contributed by atoms with van der Waals surface area (Å²) < 4.78 is 0. The summed E-state index contributed by atoms with van der Waals surface area (Å²) in [4.78, 5) is 30.7. The molecule has 0 saturated carbocycles. The predicted molar refractivity (Wildman–Crippen MR) is 105 cm³/mol. The molecule has 4 rings (SSSR count). The molecule has 8 heteroatoms. The third kappa shape index (κ3) is 3.28. The average Bonchev–Trinajstić information content (AvgIpc) is 3.31. The van der Waals surface area contributed by atoms with Crippen LogP contribution >= 0.6 is 11.3 Å². The van der Waals surface area contributed by atoms with E-state index in [0.29, 0.717) is 23.8 Å². The molecule has 1 saturated heterocycles. The van der Waals surface area contributed by atoms with Crippen molar-refractivity contribution in [2.24, 2.45) is 0 Å². The van der Waals surface area contributed by atoms with Gasteiger partial charge in [-0.25, -0.2) is 4.98 Å². The van der Waals surface area contributed by atoms with Gasteiger partial charge in [-0.05, 0) is 18.4 Å². The van der Waals surface area contributed by atoms with Gasteiger partial charge in [0.25, 0.3) is 5.56 Å². The number of piperidine rings is 1. The molecule has 1 amide bonds. The molecule has 1 aliphatic rings. The van der Waals surface area contributed by atoms with E-state index in [-0.39, 0.29) is 23.3 Å². The topological polar surface area (TPSA) is 108 Å². The van der Waals surface area contributed by atoms with Gasteiger partial charge in [-0.2, -0.15) is 0 Å². The van der Waals surface area contributed by atoms with Gasteiger partial charge in [0.1, 0.15) is 0 Å². The molecule has 4 N–H and O–H groups in total. The number of hydrogen-bond acceptors (Lipinski definition) is 5. The Balaban J connectivity index is 1.56. The highest BCUT2D eigenvalue weighted by Crippen LogP contribution is 2.42. The van der Waals surface area contributed by atoms with E-state index >= 15 is 0 Å². The Hall–Kier alpha value is -2.87. The minimum Gasteiger partial charge on any atom is -0.375 e. The quantitative estimate of drug-likeness (QED) is 0.639. The third-order valence-corrected chi connectivity index (χ3v) is 6.05. The Bertz CT molecular complexity index is 983. The van der Waals surface area contributed by atoms with Gasteiger partial charge in [-0.1, -0.05) is 30.3 Å². The zero-order chi connectivity index (χ0) is 18.9. The molecule has 0 atom stereocenters. The molecule has 0 radical (unpaired) electrons. The van der Waals surface area contributed by atoms with Crippen molar-refractivity contribution in [1.29, 1.82) is 0 Å². The first-order valence-corrected chi connectivity index (χ1v) is 9.76. The molecule has 1 aromatic carbocycles. The smallest absolute Gasteiger partial charge is 0.267 e. The summed E-state index contributed by atoms with van der Waals surface area (Å²) in [5.41, 5.74) is 8.06. The van der Waals surface area contributed by atoms with Crippen molar-refractivity contribution in [3.63, 3.8) is 0 Å². The maximum atomic E-state index is 12.6. The lowest BCUT2D eigenvalue weighted by Crippen LogP contribution is -2.46. The third-order valence-electron chi connectivity index (χ3n) is 5.37. The molecular formula is C19H21N5O2S. The summed E-state index contributed by atoms with van der Waals surface area (Å²) in [6.07, 6.45) is 3.21. The molecule has 2 aromatic heterocycles. The highest BCUT2D eigenvalue weighted by Gasteiger charge is 2.40. The predicted octanol–water partition coefficient (Wildman–Crippen LogP) is 1.89. The number of anilines is 1. The Morgan fingerprint density at radius 3 is 2.59 bits per heavy atom. The van der Waals surface area contributed by atoms with Crippen molar-refractivity contribution >= 4 is 22.4 Å². The van der Waals surface area contributed by atoms with Crippen LogP contribution in [0.25, 0.3) is 0 Å². The van der Waals surface area contributed by atoms with Crippen molar-refractivity contribution in [3.05, 3.63) is 69.1 Å². The van der Waals surface area contributed by atoms with E-state index in [1.54, 1.807) is 6.20 Å². The first kappa shape index (κ1) is 17.5. The van der Waals surface area contributed by atoms with Crippen molar-refractivity contribution in [1.82, 2.24) is 20.1 Å². The summed E-state index contributed by atoms with van der Waals surface area (Å²) in [5, 5.41) is 7.69. The summed E-state index contributed by atoms with van der Waals surface area (Å²) in [6, 6.07) is 10.3. The number of likely N-dealkylation sites (tertiary alicyclic amines) is 1. The molecule has 140 valence electrons. The van der Waals surface area contributed by atoms with Gasteiger partial charge in [-0.3, -0.25) is 14.7 Å². The molecule has 0 aliphatic carbocycles. The number of rotatable bonds is 4. The molecule has 0 bridgehead atoms. The highest BCUT2D eigenvalue weighted by molar-refractivity contribution is 7.13. The van der Waals surface area contributed by atoms with Crippen LogP contribution in [-0.2, 0) is 16.6 Å². The number of nitrogen functional groups attached to an aromatic ring is 1. The van der Waals surface area contributed by atoms with E-state index in [1.165, 1.54) is 16.9 Å². The van der Waals surface area contributed by atoms with Crippen LogP contribution in [-0.4, -0.2) is 39.1 Å². The van der Waals surface area contributed by atoms with Crippen molar-refractivity contribution in [2.75, 3.05) is 18.8 Å². The second kappa shape index (κ2) is 7.03. The number of aromatic amines is 2. The zero-order valence-corrected chi connectivity index (χ0v) is 15.6. The maximum Gasteiger partial charge on any atom is 0.267 e. The largest absolute Gasteiger partial charge is 0.375 e. The minimum atomic E-state index is -0.239. The number of H-pyrrole nitrogens is 2. The number of carbonyl (C=O) groups is 1. The van der Waals surface area contributed by atoms with Crippen LogP contribution in [0.3, 0.4) is 0 Å². The van der Waals surface area contributed by atoms with E-state index in [0.717, 1.165) is 18.5 Å². The van der Waals surface area contributed by atoms with Gasteiger partial charge in [0.05, 0.1) is 12.1 Å². The number of nitrogens with zero attached hydrogens (tertiary/aromatic N) is 2. The fourth-order valence-electron chi connectivity index (χ4n) is 3.84. The lowest BCUT2D eigenvalue weighted by atomic mass is 9.70. The zero-order valence-electron chi connectivity index (χ0n) is 14.8. The van der Waals surface area contributed by atoms with Crippen molar-refractivity contribution in [2.45, 2.75) is 24.7 Å². The second-order valence-corrected chi connectivity index (χ2v) is 7.73. The number of nitrogens with two attached hydrogens (primary N) is 1. The van der Waals surface area contributed by atoms with Gasteiger partial charge in [0, 0.05) is 35.6 Å².